The summed E-state index contributed by atoms with van der Waals surface area (Å²) in [6.45, 7) is 9.60. The molecule has 5 unspecified atom stereocenters. The molecule has 4 heteroatoms. The molecule has 0 aromatic carbocycles. The first kappa shape index (κ1) is 22.6. The molecule has 6 rings (SSSR count). The van der Waals surface area contributed by atoms with Crippen LogP contribution in [-0.2, 0) is 4.74 Å². The smallest absolute Gasteiger partial charge is 0.0888 e. The van der Waals surface area contributed by atoms with Crippen molar-refractivity contribution in [2.75, 3.05) is 13.7 Å². The van der Waals surface area contributed by atoms with Gasteiger partial charge in [0.25, 0.3) is 0 Å². The van der Waals surface area contributed by atoms with E-state index in [-0.39, 0.29) is 23.7 Å². The van der Waals surface area contributed by atoms with Gasteiger partial charge in [0.15, 0.2) is 0 Å². The van der Waals surface area contributed by atoms with Crippen LogP contribution in [0.3, 0.4) is 0 Å². The Morgan fingerprint density at radius 2 is 1.55 bits per heavy atom. The van der Waals surface area contributed by atoms with Crippen molar-refractivity contribution in [3.05, 3.63) is 0 Å². The summed E-state index contributed by atoms with van der Waals surface area (Å²) in [7, 11) is 1.00. The van der Waals surface area contributed by atoms with E-state index in [9.17, 15) is 10.2 Å². The third-order valence-electron chi connectivity index (χ3n) is 12.2. The molecule has 0 aromatic heterocycles. The molecule has 0 aromatic rings. The van der Waals surface area contributed by atoms with Crippen LogP contribution in [0.1, 0.15) is 91.9 Å². The Morgan fingerprint density at radius 3 is 2.26 bits per heavy atom. The summed E-state index contributed by atoms with van der Waals surface area (Å²) in [5, 5.41) is 27.7. The van der Waals surface area contributed by atoms with Crippen molar-refractivity contribution in [2.45, 2.75) is 110 Å². The maximum Gasteiger partial charge on any atom is 0.0888 e. The zero-order valence-corrected chi connectivity index (χ0v) is 20.5. The predicted octanol–water partition coefficient (Wildman–Crippen LogP) is 4.54. The summed E-state index contributed by atoms with van der Waals surface area (Å²) in [6.07, 6.45) is 13.0. The second-order valence-electron chi connectivity index (χ2n) is 13.4. The lowest BCUT2D eigenvalue weighted by molar-refractivity contribution is -0.167. The number of hydrogen-bond donors (Lipinski definition) is 3. The Morgan fingerprint density at radius 1 is 0.806 bits per heavy atom. The van der Waals surface area contributed by atoms with Crippen LogP contribution in [0.5, 0.6) is 0 Å². The second-order valence-corrected chi connectivity index (χ2v) is 13.4. The first-order chi connectivity index (χ1) is 14.6. The van der Waals surface area contributed by atoms with Gasteiger partial charge in [-0.25, -0.2) is 0 Å². The highest BCUT2D eigenvalue weighted by molar-refractivity contribution is 5.29. The standard InChI is InChI=1S/C26H42O3.CH4O/c1-22(2)20-6-5-16-18-13-19-17(7-9-23(3,15-27)29-19)24(18,4)11-12-25(16)14-26(20,25)10-8-21(22)28;1-2/h16-21,27-28H,5-15H2,1-4H3;2H,1H3/t16?,17?,18?,19?,20?,21-,23+,24+,25-,26+;/m0./s1. The summed E-state index contributed by atoms with van der Waals surface area (Å²) in [6, 6.07) is 0. The van der Waals surface area contributed by atoms with Crippen molar-refractivity contribution >= 4 is 0 Å². The van der Waals surface area contributed by atoms with Crippen molar-refractivity contribution in [2.24, 2.45) is 45.3 Å². The maximum atomic E-state index is 10.8. The molecular formula is C27H46O4. The van der Waals surface area contributed by atoms with Crippen molar-refractivity contribution in [1.82, 2.24) is 0 Å². The highest BCUT2D eigenvalue weighted by Crippen LogP contribution is 2.87. The van der Waals surface area contributed by atoms with Crippen LogP contribution in [0, 0.1) is 45.3 Å². The van der Waals surface area contributed by atoms with Crippen molar-refractivity contribution < 1.29 is 20.1 Å². The molecule has 0 bridgehead atoms. The maximum absolute atomic E-state index is 10.8. The van der Waals surface area contributed by atoms with Gasteiger partial charge in [0.2, 0.25) is 0 Å². The first-order valence-corrected chi connectivity index (χ1v) is 13.0. The summed E-state index contributed by atoms with van der Waals surface area (Å²) >= 11 is 0. The monoisotopic (exact) mass is 434 g/mol. The number of aliphatic hydroxyl groups is 3. The van der Waals surface area contributed by atoms with Gasteiger partial charge in [0, 0.05) is 7.11 Å². The molecule has 5 aliphatic carbocycles. The molecule has 1 aliphatic heterocycles. The molecule has 6 fully saturated rings. The number of fused-ring (bicyclic) bond motifs is 4. The summed E-state index contributed by atoms with van der Waals surface area (Å²) in [5.74, 6) is 3.10. The van der Waals surface area contributed by atoms with E-state index >= 15 is 0 Å². The summed E-state index contributed by atoms with van der Waals surface area (Å²) in [4.78, 5) is 0. The molecule has 0 amide bonds. The normalized spacial score (nSPS) is 58.5. The fourth-order valence-corrected chi connectivity index (χ4v) is 10.6. The lowest BCUT2D eigenvalue weighted by Gasteiger charge is -2.59. The molecule has 1 heterocycles. The topological polar surface area (TPSA) is 69.9 Å². The average Bonchev–Trinajstić information content (AvgIpc) is 3.33. The van der Waals surface area contributed by atoms with E-state index in [2.05, 4.69) is 27.7 Å². The van der Waals surface area contributed by atoms with Crippen LogP contribution in [0.4, 0.5) is 0 Å². The highest BCUT2D eigenvalue weighted by atomic mass is 16.5. The minimum Gasteiger partial charge on any atom is -0.400 e. The average molecular weight is 435 g/mol. The molecule has 1 saturated heterocycles. The second kappa shape index (κ2) is 6.93. The van der Waals surface area contributed by atoms with E-state index in [0.717, 1.165) is 37.7 Å². The molecular weight excluding hydrogens is 388 g/mol. The van der Waals surface area contributed by atoms with Crippen molar-refractivity contribution in [3.63, 3.8) is 0 Å². The lowest BCUT2D eigenvalue weighted by Crippen LogP contribution is -2.54. The van der Waals surface area contributed by atoms with Crippen LogP contribution in [-0.4, -0.2) is 46.8 Å². The van der Waals surface area contributed by atoms with E-state index in [1.807, 2.05) is 0 Å². The van der Waals surface area contributed by atoms with Crippen LogP contribution >= 0.6 is 0 Å². The number of hydrogen-bond acceptors (Lipinski definition) is 4. The molecule has 3 N–H and O–H groups in total. The molecule has 31 heavy (non-hydrogen) atoms. The number of ether oxygens (including phenoxy) is 1. The van der Waals surface area contributed by atoms with Gasteiger partial charge >= 0.3 is 0 Å². The molecule has 2 spiro atoms. The first-order valence-electron chi connectivity index (χ1n) is 13.0. The lowest BCUT2D eigenvalue weighted by atomic mass is 9.46. The molecule has 4 nitrogen and oxygen atoms in total. The van der Waals surface area contributed by atoms with E-state index in [1.54, 1.807) is 0 Å². The fourth-order valence-electron chi connectivity index (χ4n) is 10.6. The largest absolute Gasteiger partial charge is 0.400 e. The van der Waals surface area contributed by atoms with Crippen LogP contribution in [0.15, 0.2) is 0 Å². The quantitative estimate of drug-likeness (QED) is 0.566. The van der Waals surface area contributed by atoms with Crippen LogP contribution < -0.4 is 0 Å². The Labute approximate surface area is 189 Å². The minimum absolute atomic E-state index is 0.0865. The third-order valence-corrected chi connectivity index (χ3v) is 12.2. The Bertz CT molecular complexity index is 722. The molecule has 5 saturated carbocycles. The van der Waals surface area contributed by atoms with Gasteiger partial charge in [-0.3, -0.25) is 0 Å². The molecule has 178 valence electrons. The van der Waals surface area contributed by atoms with E-state index < -0.39 is 0 Å². The van der Waals surface area contributed by atoms with E-state index in [0.29, 0.717) is 28.3 Å². The van der Waals surface area contributed by atoms with Crippen molar-refractivity contribution in [1.29, 1.82) is 0 Å². The van der Waals surface area contributed by atoms with Gasteiger partial charge < -0.3 is 20.1 Å². The molecule has 6 aliphatic rings. The van der Waals surface area contributed by atoms with Gasteiger partial charge in [0.1, 0.15) is 0 Å². The van der Waals surface area contributed by atoms with Gasteiger partial charge in [-0.1, -0.05) is 20.8 Å². The Kier molecular flexibility index (Phi) is 5.06. The number of rotatable bonds is 1. The summed E-state index contributed by atoms with van der Waals surface area (Å²) < 4.78 is 6.60. The van der Waals surface area contributed by atoms with Crippen LogP contribution in [0.2, 0.25) is 0 Å². The molecule has 0 radical (unpaired) electrons. The van der Waals surface area contributed by atoms with E-state index in [1.165, 1.54) is 51.4 Å². The highest BCUT2D eigenvalue weighted by Gasteiger charge is 2.80. The SMILES string of the molecule is CC1(C)C2CCC3C4CC5O[C@@](C)(CO)CCC5[C@@]4(C)CC[C@]34C[C@]24CC[C@@H]1O.CO. The van der Waals surface area contributed by atoms with Crippen molar-refractivity contribution in [3.8, 4) is 0 Å². The van der Waals surface area contributed by atoms with Gasteiger partial charge in [0.05, 0.1) is 24.4 Å². The number of aliphatic hydroxyl groups excluding tert-OH is 3. The predicted molar refractivity (Wildman–Crippen MR) is 121 cm³/mol. The zero-order valence-electron chi connectivity index (χ0n) is 20.5. The van der Waals surface area contributed by atoms with Crippen LogP contribution in [0.25, 0.3) is 0 Å². The van der Waals surface area contributed by atoms with E-state index in [4.69, 9.17) is 9.84 Å². The third kappa shape index (κ3) is 2.68. The van der Waals surface area contributed by atoms with Gasteiger partial charge in [-0.05, 0) is 116 Å². The Balaban J connectivity index is 0.000000994. The minimum atomic E-state index is -0.315. The van der Waals surface area contributed by atoms with Gasteiger partial charge in [-0.15, -0.1) is 0 Å². The fraction of sp³-hybridized carbons (Fsp3) is 1.00. The van der Waals surface area contributed by atoms with Gasteiger partial charge in [-0.2, -0.15) is 0 Å². The Hall–Kier alpha value is -0.160. The molecule has 10 atom stereocenters. The zero-order chi connectivity index (χ0) is 22.4. The summed E-state index contributed by atoms with van der Waals surface area (Å²) in [5.41, 5.74) is 1.32.